The van der Waals surface area contributed by atoms with E-state index in [0.717, 1.165) is 6.07 Å². The molecule has 2 rings (SSSR count). The molecule has 0 fully saturated rings. The van der Waals surface area contributed by atoms with E-state index in [1.165, 1.54) is 18.3 Å². The van der Waals surface area contributed by atoms with Crippen LogP contribution in [0.3, 0.4) is 0 Å². The average molecular weight is 266 g/mol. The van der Waals surface area contributed by atoms with E-state index in [4.69, 9.17) is 27.5 Å². The monoisotopic (exact) mass is 265 g/mol. The van der Waals surface area contributed by atoms with E-state index in [0.29, 0.717) is 17.2 Å². The highest BCUT2D eigenvalue weighted by Gasteiger charge is 2.05. The second-order valence-corrected chi connectivity index (χ2v) is 3.88. The Bertz CT molecular complexity index is 586. The normalized spacial score (nSPS) is 10.1. The Labute approximate surface area is 108 Å². The van der Waals surface area contributed by atoms with Crippen LogP contribution in [0.15, 0.2) is 36.5 Å². The Balaban J connectivity index is 2.21. The molecule has 1 aromatic carbocycles. The molecule has 0 radical (unpaired) electrons. The van der Waals surface area contributed by atoms with Gasteiger partial charge in [-0.3, -0.25) is 5.41 Å². The standard InChI is InChI=1S/C12H9ClFN3O/c13-9-5-7(14)1-4-11(9)18-8-2-3-10(12(15)16)17-6-8/h1-6H,(H3,15,16). The number of rotatable bonds is 3. The minimum Gasteiger partial charge on any atom is -0.454 e. The zero-order valence-electron chi connectivity index (χ0n) is 9.15. The third kappa shape index (κ3) is 2.75. The Morgan fingerprint density at radius 3 is 2.67 bits per heavy atom. The first-order valence-corrected chi connectivity index (χ1v) is 5.37. The van der Waals surface area contributed by atoms with Crippen LogP contribution in [0.4, 0.5) is 4.39 Å². The van der Waals surface area contributed by atoms with Crippen molar-refractivity contribution >= 4 is 17.4 Å². The maximum absolute atomic E-state index is 12.8. The lowest BCUT2D eigenvalue weighted by atomic mass is 10.3. The highest BCUT2D eigenvalue weighted by atomic mass is 35.5. The summed E-state index contributed by atoms with van der Waals surface area (Å²) in [6.07, 6.45) is 1.41. The fraction of sp³-hybridized carbons (Fsp3) is 0. The summed E-state index contributed by atoms with van der Waals surface area (Å²) in [5, 5.41) is 7.37. The number of hydrogen-bond donors (Lipinski definition) is 2. The maximum Gasteiger partial charge on any atom is 0.146 e. The average Bonchev–Trinajstić information content (AvgIpc) is 2.33. The largest absolute Gasteiger partial charge is 0.454 e. The summed E-state index contributed by atoms with van der Waals surface area (Å²) >= 11 is 5.82. The van der Waals surface area contributed by atoms with Crippen LogP contribution in [-0.4, -0.2) is 10.8 Å². The van der Waals surface area contributed by atoms with Gasteiger partial charge in [0, 0.05) is 0 Å². The molecule has 92 valence electrons. The minimum atomic E-state index is -0.433. The third-order valence-electron chi connectivity index (χ3n) is 2.13. The molecule has 0 spiro atoms. The van der Waals surface area contributed by atoms with Gasteiger partial charge in [-0.05, 0) is 30.3 Å². The molecule has 18 heavy (non-hydrogen) atoms. The first kappa shape index (κ1) is 12.3. The highest BCUT2D eigenvalue weighted by Crippen LogP contribution is 2.29. The Kier molecular flexibility index (Phi) is 3.43. The molecule has 4 nitrogen and oxygen atoms in total. The van der Waals surface area contributed by atoms with Crippen molar-refractivity contribution in [1.29, 1.82) is 5.41 Å². The number of halogens is 2. The van der Waals surface area contributed by atoms with Crippen LogP contribution in [-0.2, 0) is 0 Å². The predicted molar refractivity (Wildman–Crippen MR) is 66.7 cm³/mol. The van der Waals surface area contributed by atoms with Gasteiger partial charge in [-0.2, -0.15) is 0 Å². The van der Waals surface area contributed by atoms with Gasteiger partial charge in [-0.1, -0.05) is 11.6 Å². The molecule has 0 aliphatic carbocycles. The van der Waals surface area contributed by atoms with Crippen LogP contribution in [0.1, 0.15) is 5.69 Å². The van der Waals surface area contributed by atoms with Crippen LogP contribution in [0.5, 0.6) is 11.5 Å². The van der Waals surface area contributed by atoms with E-state index in [2.05, 4.69) is 4.98 Å². The number of nitrogens with one attached hydrogen (secondary N) is 1. The fourth-order valence-electron chi connectivity index (χ4n) is 1.28. The van der Waals surface area contributed by atoms with E-state index in [9.17, 15) is 4.39 Å². The van der Waals surface area contributed by atoms with Crippen molar-refractivity contribution in [1.82, 2.24) is 4.98 Å². The molecular formula is C12H9ClFN3O. The minimum absolute atomic E-state index is 0.124. The summed E-state index contributed by atoms with van der Waals surface area (Å²) in [4.78, 5) is 3.93. The van der Waals surface area contributed by atoms with Crippen molar-refractivity contribution in [2.24, 2.45) is 5.73 Å². The first-order chi connectivity index (χ1) is 8.56. The maximum atomic E-state index is 12.8. The number of hydrogen-bond acceptors (Lipinski definition) is 3. The number of amidine groups is 1. The number of pyridine rings is 1. The molecule has 3 N–H and O–H groups in total. The van der Waals surface area contributed by atoms with Crippen LogP contribution in [0, 0.1) is 11.2 Å². The van der Waals surface area contributed by atoms with Gasteiger partial charge in [0.1, 0.15) is 28.8 Å². The quantitative estimate of drug-likeness (QED) is 0.662. The van der Waals surface area contributed by atoms with E-state index >= 15 is 0 Å². The molecule has 1 heterocycles. The second-order valence-electron chi connectivity index (χ2n) is 3.47. The Hall–Kier alpha value is -2.14. The molecule has 0 bridgehead atoms. The van der Waals surface area contributed by atoms with Gasteiger partial charge >= 0.3 is 0 Å². The summed E-state index contributed by atoms with van der Waals surface area (Å²) in [7, 11) is 0. The van der Waals surface area contributed by atoms with Crippen molar-refractivity contribution in [2.75, 3.05) is 0 Å². The Morgan fingerprint density at radius 1 is 1.33 bits per heavy atom. The Morgan fingerprint density at radius 2 is 2.11 bits per heavy atom. The van der Waals surface area contributed by atoms with Gasteiger partial charge in [-0.25, -0.2) is 9.37 Å². The second kappa shape index (κ2) is 5.01. The summed E-state index contributed by atoms with van der Waals surface area (Å²) in [5.41, 5.74) is 5.63. The molecule has 1 aromatic heterocycles. The lowest BCUT2D eigenvalue weighted by molar-refractivity contribution is 0.478. The number of ether oxygens (including phenoxy) is 1. The van der Waals surface area contributed by atoms with E-state index < -0.39 is 5.82 Å². The number of nitrogens with two attached hydrogens (primary N) is 1. The number of aromatic nitrogens is 1. The van der Waals surface area contributed by atoms with Crippen molar-refractivity contribution in [3.8, 4) is 11.5 Å². The van der Waals surface area contributed by atoms with Gasteiger partial charge in [0.05, 0.1) is 11.2 Å². The van der Waals surface area contributed by atoms with Gasteiger partial charge in [-0.15, -0.1) is 0 Å². The molecule has 0 unspecified atom stereocenters. The number of benzene rings is 1. The topological polar surface area (TPSA) is 72.0 Å². The molecule has 0 atom stereocenters. The summed E-state index contributed by atoms with van der Waals surface area (Å²) in [5.74, 6) is 0.197. The van der Waals surface area contributed by atoms with Crippen molar-refractivity contribution in [3.63, 3.8) is 0 Å². The van der Waals surface area contributed by atoms with Crippen LogP contribution in [0.25, 0.3) is 0 Å². The number of nitrogens with zero attached hydrogens (tertiary/aromatic N) is 1. The molecule has 2 aromatic rings. The van der Waals surface area contributed by atoms with Gasteiger partial charge < -0.3 is 10.5 Å². The van der Waals surface area contributed by atoms with Crippen LogP contribution >= 0.6 is 11.6 Å². The SMILES string of the molecule is N=C(N)c1ccc(Oc2ccc(F)cc2Cl)cn1. The number of nitrogen functional groups attached to an aromatic ring is 1. The molecule has 0 aliphatic rings. The van der Waals surface area contributed by atoms with Crippen molar-refractivity contribution < 1.29 is 9.13 Å². The molecule has 0 amide bonds. The smallest absolute Gasteiger partial charge is 0.146 e. The first-order valence-electron chi connectivity index (χ1n) is 4.99. The molecule has 0 aliphatic heterocycles. The van der Waals surface area contributed by atoms with Gasteiger partial charge in [0.2, 0.25) is 0 Å². The third-order valence-corrected chi connectivity index (χ3v) is 2.43. The van der Waals surface area contributed by atoms with Crippen molar-refractivity contribution in [2.45, 2.75) is 0 Å². The van der Waals surface area contributed by atoms with E-state index in [1.54, 1.807) is 12.1 Å². The van der Waals surface area contributed by atoms with Gasteiger partial charge in [0.25, 0.3) is 0 Å². The van der Waals surface area contributed by atoms with Crippen LogP contribution in [0.2, 0.25) is 5.02 Å². The molecule has 0 saturated carbocycles. The van der Waals surface area contributed by atoms with E-state index in [-0.39, 0.29) is 10.9 Å². The molecule has 6 heteroatoms. The summed E-state index contributed by atoms with van der Waals surface area (Å²) in [6, 6.07) is 6.99. The summed E-state index contributed by atoms with van der Waals surface area (Å²) < 4.78 is 18.3. The van der Waals surface area contributed by atoms with Gasteiger partial charge in [0.15, 0.2) is 0 Å². The zero-order chi connectivity index (χ0) is 13.1. The molecule has 0 saturated heterocycles. The highest BCUT2D eigenvalue weighted by molar-refractivity contribution is 6.32. The zero-order valence-corrected chi connectivity index (χ0v) is 9.91. The lowest BCUT2D eigenvalue weighted by Crippen LogP contribution is -2.12. The summed E-state index contributed by atoms with van der Waals surface area (Å²) in [6.45, 7) is 0. The van der Waals surface area contributed by atoms with E-state index in [1.807, 2.05) is 0 Å². The lowest BCUT2D eigenvalue weighted by Gasteiger charge is -2.07. The van der Waals surface area contributed by atoms with Crippen molar-refractivity contribution in [3.05, 3.63) is 53.1 Å². The predicted octanol–water partition coefficient (Wildman–Crippen LogP) is 2.95. The fourth-order valence-corrected chi connectivity index (χ4v) is 1.49. The van der Waals surface area contributed by atoms with Crippen LogP contribution < -0.4 is 10.5 Å². The molecular weight excluding hydrogens is 257 g/mol.